The number of likely N-dealkylation sites (tertiary alicyclic amines) is 1. The third kappa shape index (κ3) is 6.97. The van der Waals surface area contributed by atoms with E-state index in [0.717, 1.165) is 42.2 Å². The highest BCUT2D eigenvalue weighted by molar-refractivity contribution is 6.06. The van der Waals surface area contributed by atoms with Gasteiger partial charge in [0.2, 0.25) is 11.9 Å². The van der Waals surface area contributed by atoms with E-state index >= 15 is 0 Å². The molecule has 3 saturated heterocycles. The predicted molar refractivity (Wildman–Crippen MR) is 188 cm³/mol. The Hall–Kier alpha value is -4.60. The van der Waals surface area contributed by atoms with Gasteiger partial charge in [0.25, 0.3) is 0 Å². The van der Waals surface area contributed by atoms with Gasteiger partial charge >= 0.3 is 12.4 Å². The zero-order chi connectivity index (χ0) is 37.3. The summed E-state index contributed by atoms with van der Waals surface area (Å²) in [6, 6.07) is 5.75. The summed E-state index contributed by atoms with van der Waals surface area (Å²) in [7, 11) is 0. The van der Waals surface area contributed by atoms with Crippen molar-refractivity contribution in [3.05, 3.63) is 48.2 Å². The van der Waals surface area contributed by atoms with Crippen LogP contribution in [0.3, 0.4) is 0 Å². The van der Waals surface area contributed by atoms with Crippen molar-refractivity contribution in [3.8, 4) is 16.9 Å². The number of nitrogens with zero attached hydrogens (tertiary/aromatic N) is 7. The van der Waals surface area contributed by atoms with Gasteiger partial charge in [-0.15, -0.1) is 0 Å². The molecular weight excluding hydrogens is 702 g/mol. The number of fused-ring (bicyclic) bond motifs is 2. The molecule has 1 amide bonds. The zero-order valence-electron chi connectivity index (χ0n) is 29.3. The molecule has 16 heteroatoms. The van der Waals surface area contributed by atoms with Gasteiger partial charge in [0.1, 0.15) is 11.3 Å². The van der Waals surface area contributed by atoms with Gasteiger partial charge in [-0.2, -0.15) is 36.4 Å². The molecule has 5 heterocycles. The lowest BCUT2D eigenvalue weighted by atomic mass is 9.72. The van der Waals surface area contributed by atoms with Crippen molar-refractivity contribution in [1.82, 2.24) is 30.0 Å². The van der Waals surface area contributed by atoms with Crippen LogP contribution in [0.25, 0.3) is 32.9 Å². The number of rotatable bonds is 8. The molecule has 0 radical (unpaired) electrons. The zero-order valence-corrected chi connectivity index (χ0v) is 29.3. The van der Waals surface area contributed by atoms with Crippen molar-refractivity contribution >= 4 is 39.5 Å². The van der Waals surface area contributed by atoms with Crippen molar-refractivity contribution < 1.29 is 35.9 Å². The summed E-state index contributed by atoms with van der Waals surface area (Å²) in [5.74, 6) is 0.573. The molecule has 2 aromatic heterocycles. The van der Waals surface area contributed by atoms with Gasteiger partial charge in [0.05, 0.1) is 24.9 Å². The third-order valence-corrected chi connectivity index (χ3v) is 11.0. The lowest BCUT2D eigenvalue weighted by Crippen LogP contribution is -2.61. The Bertz CT molecular complexity index is 2060. The van der Waals surface area contributed by atoms with E-state index in [0.29, 0.717) is 67.0 Å². The van der Waals surface area contributed by atoms with Gasteiger partial charge in [-0.1, -0.05) is 12.6 Å². The average molecular weight is 743 g/mol. The van der Waals surface area contributed by atoms with Crippen LogP contribution in [-0.2, 0) is 4.79 Å². The molecule has 4 fully saturated rings. The summed E-state index contributed by atoms with van der Waals surface area (Å²) in [5, 5.41) is 8.45. The lowest BCUT2D eigenvalue weighted by Gasteiger charge is -2.54. The van der Waals surface area contributed by atoms with E-state index in [9.17, 15) is 31.1 Å². The molecule has 10 nitrogen and oxygen atoms in total. The van der Waals surface area contributed by atoms with Gasteiger partial charge in [-0.25, -0.2) is 4.98 Å². The topological polar surface area (TPSA) is 93.7 Å². The number of alkyl halides is 6. The number of halogens is 6. The molecule has 1 spiro atoms. The maximum Gasteiger partial charge on any atom is 0.422 e. The highest BCUT2D eigenvalue weighted by atomic mass is 19.4. The number of carbonyl (C=O) groups excluding carboxylic acids is 1. The van der Waals surface area contributed by atoms with Crippen LogP contribution in [0.1, 0.15) is 49.1 Å². The Morgan fingerprint density at radius 2 is 1.75 bits per heavy atom. The first kappa shape index (κ1) is 35.4. The largest absolute Gasteiger partial charge is 0.481 e. The summed E-state index contributed by atoms with van der Waals surface area (Å²) in [4.78, 5) is 28.9. The standard InChI is InChI=1S/C37H40F6N8O2/c1-3-28(52)51-17-35(18-51)9-13-49(14-10-35)33-25-15-24(23-6-7-23)30(29-22(2)5-8-27-26(29)16-44-47-27)32(53-20-37(41,42)43)31(25)45-34(46-33)50-12-4-11-48(21-50)19-36(38,39)40/h3,5,8,15-16,23H,1,4,6-7,9-14,17-21H2,2H3,(H,44,47). The molecule has 0 atom stereocenters. The second kappa shape index (κ2) is 13.1. The highest BCUT2D eigenvalue weighted by Crippen LogP contribution is 2.53. The number of amides is 1. The second-order valence-corrected chi connectivity index (χ2v) is 15.0. The molecule has 2 aromatic carbocycles. The summed E-state index contributed by atoms with van der Waals surface area (Å²) in [5.41, 5.74) is 3.69. The Morgan fingerprint density at radius 1 is 1.00 bits per heavy atom. The first-order valence-corrected chi connectivity index (χ1v) is 17.9. The second-order valence-electron chi connectivity index (χ2n) is 15.0. The lowest BCUT2D eigenvalue weighted by molar-refractivity contribution is -0.153. The van der Waals surface area contributed by atoms with Crippen LogP contribution in [0.15, 0.2) is 37.1 Å². The summed E-state index contributed by atoms with van der Waals surface area (Å²) < 4.78 is 88.5. The van der Waals surface area contributed by atoms with E-state index in [1.165, 1.54) is 11.0 Å². The van der Waals surface area contributed by atoms with E-state index in [1.807, 2.05) is 25.1 Å². The Balaban J connectivity index is 1.30. The molecule has 1 N–H and O–H groups in total. The number of anilines is 2. The SMILES string of the molecule is C=CC(=O)N1CC2(CCN(c3nc(N4CCCN(CC(F)(F)F)C4)nc4c(OCC(F)(F)F)c(-c5c(C)ccc6[nH]ncc56)c(C5CC5)cc34)CC2)C1. The number of nitrogens with one attached hydrogen (secondary N) is 1. The van der Waals surface area contributed by atoms with E-state index in [1.54, 1.807) is 16.0 Å². The van der Waals surface area contributed by atoms with Gasteiger partial charge in [0.15, 0.2) is 12.4 Å². The number of hydrogen-bond donors (Lipinski definition) is 1. The van der Waals surface area contributed by atoms with E-state index in [4.69, 9.17) is 14.7 Å². The fourth-order valence-corrected chi connectivity index (χ4v) is 8.31. The summed E-state index contributed by atoms with van der Waals surface area (Å²) in [6.07, 6.45) is -2.48. The van der Waals surface area contributed by atoms with Crippen LogP contribution in [-0.4, -0.2) is 107 Å². The molecule has 8 rings (SSSR count). The molecule has 53 heavy (non-hydrogen) atoms. The minimum Gasteiger partial charge on any atom is -0.481 e. The molecule has 1 aliphatic carbocycles. The maximum atomic E-state index is 14.0. The third-order valence-electron chi connectivity index (χ3n) is 11.0. The quantitative estimate of drug-likeness (QED) is 0.153. The van der Waals surface area contributed by atoms with Crippen LogP contribution < -0.4 is 14.5 Å². The van der Waals surface area contributed by atoms with E-state index in [2.05, 4.69) is 21.7 Å². The predicted octanol–water partition coefficient (Wildman–Crippen LogP) is 6.95. The number of carbonyl (C=O) groups is 1. The van der Waals surface area contributed by atoms with Crippen LogP contribution in [0.5, 0.6) is 5.75 Å². The van der Waals surface area contributed by atoms with Gasteiger partial charge in [0, 0.05) is 61.0 Å². The van der Waals surface area contributed by atoms with Crippen molar-refractivity contribution in [2.45, 2.75) is 57.3 Å². The number of aryl methyl sites for hydroxylation is 1. The molecule has 4 aromatic rings. The number of benzene rings is 2. The molecule has 0 bridgehead atoms. The monoisotopic (exact) mass is 742 g/mol. The number of hydrogen-bond acceptors (Lipinski definition) is 8. The number of aromatic amines is 1. The normalized spacial score (nSPS) is 19.6. The summed E-state index contributed by atoms with van der Waals surface area (Å²) in [6.45, 7) is 5.69. The van der Waals surface area contributed by atoms with Gasteiger partial charge < -0.3 is 19.4 Å². The highest BCUT2D eigenvalue weighted by Gasteiger charge is 2.47. The number of H-pyrrole nitrogens is 1. The van der Waals surface area contributed by atoms with Crippen LogP contribution in [0, 0.1) is 12.3 Å². The van der Waals surface area contributed by atoms with Crippen molar-refractivity contribution in [3.63, 3.8) is 0 Å². The Kier molecular flexibility index (Phi) is 8.73. The van der Waals surface area contributed by atoms with Crippen LogP contribution in [0.4, 0.5) is 38.1 Å². The number of ether oxygens (including phenoxy) is 1. The molecule has 3 aliphatic heterocycles. The molecule has 4 aliphatic rings. The summed E-state index contributed by atoms with van der Waals surface area (Å²) >= 11 is 0. The van der Waals surface area contributed by atoms with Crippen molar-refractivity contribution in [2.24, 2.45) is 5.41 Å². The van der Waals surface area contributed by atoms with E-state index < -0.39 is 25.5 Å². The maximum absolute atomic E-state index is 14.0. The minimum absolute atomic E-state index is 0.0290. The first-order chi connectivity index (χ1) is 25.2. The fraction of sp³-hybridized carbons (Fsp3) is 0.514. The fourth-order valence-electron chi connectivity index (χ4n) is 8.31. The van der Waals surface area contributed by atoms with Crippen molar-refractivity contribution in [1.29, 1.82) is 0 Å². The average Bonchev–Trinajstić information content (AvgIpc) is 3.84. The smallest absolute Gasteiger partial charge is 0.422 e. The number of aromatic nitrogens is 4. The molecule has 0 unspecified atom stereocenters. The number of piperidine rings is 1. The van der Waals surface area contributed by atoms with Crippen LogP contribution >= 0.6 is 0 Å². The van der Waals surface area contributed by atoms with Gasteiger partial charge in [-0.05, 0) is 79.8 Å². The minimum atomic E-state index is -4.66. The van der Waals surface area contributed by atoms with E-state index in [-0.39, 0.29) is 47.7 Å². The Labute approximate surface area is 301 Å². The molecular formula is C37H40F6N8O2. The molecule has 282 valence electrons. The first-order valence-electron chi connectivity index (χ1n) is 17.9. The van der Waals surface area contributed by atoms with Gasteiger partial charge in [-0.3, -0.25) is 14.8 Å². The molecule has 1 saturated carbocycles. The van der Waals surface area contributed by atoms with Crippen LogP contribution in [0.2, 0.25) is 0 Å². The Morgan fingerprint density at radius 3 is 2.43 bits per heavy atom. The van der Waals surface area contributed by atoms with Crippen molar-refractivity contribution in [2.75, 3.05) is 68.9 Å².